The average Bonchev–Trinajstić information content (AvgIpc) is 2.57. The van der Waals surface area contributed by atoms with Gasteiger partial charge < -0.3 is 10.1 Å². The predicted molar refractivity (Wildman–Crippen MR) is 88.1 cm³/mol. The summed E-state index contributed by atoms with van der Waals surface area (Å²) in [7, 11) is 0.913. The van der Waals surface area contributed by atoms with Crippen LogP contribution < -0.4 is 10.1 Å². The Morgan fingerprint density at radius 3 is 2.04 bits per heavy atom. The molecule has 28 heavy (non-hydrogen) atoms. The third-order valence-electron chi connectivity index (χ3n) is 4.32. The zero-order chi connectivity index (χ0) is 20.4. The van der Waals surface area contributed by atoms with E-state index in [1.165, 1.54) is 4.90 Å². The zero-order valence-electron chi connectivity index (χ0n) is 14.6. The fraction of sp³-hybridized carbons (Fsp3) is 0.625. The highest BCUT2D eigenvalue weighted by atomic mass is 35.5. The van der Waals surface area contributed by atoms with E-state index in [2.05, 4.69) is 5.32 Å². The molecule has 1 aliphatic heterocycles. The maximum atomic E-state index is 13.6. The van der Waals surface area contributed by atoms with Crippen molar-refractivity contribution in [3.63, 3.8) is 0 Å². The molecular formula is C16H19ClF8N2O. The molecule has 0 radical (unpaired) electrons. The van der Waals surface area contributed by atoms with Gasteiger partial charge in [0.05, 0.1) is 18.2 Å². The maximum Gasteiger partial charge on any atom is 0.416 e. The lowest BCUT2D eigenvalue weighted by molar-refractivity contribution is -0.144. The highest BCUT2D eigenvalue weighted by molar-refractivity contribution is 5.85. The summed E-state index contributed by atoms with van der Waals surface area (Å²) in [5.41, 5.74) is -3.86. The van der Waals surface area contributed by atoms with Crippen LogP contribution in [0.3, 0.4) is 0 Å². The lowest BCUT2D eigenvalue weighted by Gasteiger charge is -2.37. The topological polar surface area (TPSA) is 24.5 Å². The smallest absolute Gasteiger partial charge is 0.416 e. The van der Waals surface area contributed by atoms with Crippen LogP contribution in [0.4, 0.5) is 35.1 Å². The Morgan fingerprint density at radius 1 is 1.04 bits per heavy atom. The van der Waals surface area contributed by atoms with Crippen LogP contribution in [-0.4, -0.2) is 44.6 Å². The lowest BCUT2D eigenvalue weighted by Crippen LogP contribution is -2.46. The number of rotatable bonds is 5. The summed E-state index contributed by atoms with van der Waals surface area (Å²) in [5.74, 6) is -0.707. The monoisotopic (exact) mass is 442 g/mol. The van der Waals surface area contributed by atoms with Crippen LogP contribution >= 0.6 is 12.4 Å². The molecule has 1 N–H and O–H groups in total. The van der Waals surface area contributed by atoms with Gasteiger partial charge >= 0.3 is 12.4 Å². The first kappa shape index (κ1) is 24.7. The Morgan fingerprint density at radius 2 is 1.61 bits per heavy atom. The van der Waals surface area contributed by atoms with Crippen molar-refractivity contribution in [1.82, 2.24) is 10.2 Å². The van der Waals surface area contributed by atoms with Crippen molar-refractivity contribution in [3.8, 4) is 5.75 Å². The molecule has 0 amide bonds. The largest absolute Gasteiger partial charge is 0.496 e. The highest BCUT2D eigenvalue weighted by Crippen LogP contribution is 2.46. The van der Waals surface area contributed by atoms with Crippen LogP contribution in [0.5, 0.6) is 5.75 Å². The van der Waals surface area contributed by atoms with Gasteiger partial charge in [-0.3, -0.25) is 4.90 Å². The summed E-state index contributed by atoms with van der Waals surface area (Å²) in [6, 6.07) is -1.05. The van der Waals surface area contributed by atoms with Crippen LogP contribution in [0, 0.1) is 0 Å². The molecular weight excluding hydrogens is 424 g/mol. The molecule has 0 spiro atoms. The van der Waals surface area contributed by atoms with E-state index in [4.69, 9.17) is 4.74 Å². The number of nitrogens with zero attached hydrogens (tertiary/aromatic N) is 1. The third-order valence-corrected chi connectivity index (χ3v) is 4.32. The van der Waals surface area contributed by atoms with Gasteiger partial charge in [-0.2, -0.15) is 26.3 Å². The van der Waals surface area contributed by atoms with Crippen molar-refractivity contribution < 1.29 is 39.9 Å². The number of hydrogen-bond donors (Lipinski definition) is 1. The quantitative estimate of drug-likeness (QED) is 0.666. The fourth-order valence-corrected chi connectivity index (χ4v) is 3.15. The van der Waals surface area contributed by atoms with Gasteiger partial charge in [0.2, 0.25) is 6.43 Å². The lowest BCUT2D eigenvalue weighted by atomic mass is 9.92. The minimum atomic E-state index is -5.17. The molecule has 0 unspecified atom stereocenters. The van der Waals surface area contributed by atoms with Gasteiger partial charge in [0.15, 0.2) is 0 Å². The van der Waals surface area contributed by atoms with E-state index in [9.17, 15) is 35.1 Å². The molecule has 2 rings (SSSR count). The number of alkyl halides is 8. The molecule has 0 bridgehead atoms. The van der Waals surface area contributed by atoms with E-state index in [1.807, 2.05) is 0 Å². The normalized spacial score (nSPS) is 17.4. The van der Waals surface area contributed by atoms with Crippen molar-refractivity contribution in [2.24, 2.45) is 0 Å². The Hall–Kier alpha value is -1.33. The number of methoxy groups -OCH3 is 1. The first-order valence-electron chi connectivity index (χ1n) is 8.04. The number of hydrogen-bond acceptors (Lipinski definition) is 3. The van der Waals surface area contributed by atoms with Gasteiger partial charge in [-0.1, -0.05) is 0 Å². The van der Waals surface area contributed by atoms with Crippen molar-refractivity contribution >= 4 is 12.4 Å². The van der Waals surface area contributed by atoms with Crippen LogP contribution in [0.15, 0.2) is 12.1 Å². The number of halogens is 9. The standard InChI is InChI=1S/C16H18F8N2O.ClH/c1-27-12-7-9(15(19,20)21)6-10(16(22,23)24)14(12)11(8-13(17)18)26-4-2-25-3-5-26;/h6-7,11,13,25H,2-5,8H2,1H3;1H/t11-;/m0./s1. The maximum absolute atomic E-state index is 13.6. The number of piperazine rings is 1. The first-order valence-corrected chi connectivity index (χ1v) is 8.04. The molecule has 0 aromatic heterocycles. The van der Waals surface area contributed by atoms with E-state index in [1.54, 1.807) is 0 Å². The second kappa shape index (κ2) is 9.45. The Kier molecular flexibility index (Phi) is 8.33. The summed E-state index contributed by atoms with van der Waals surface area (Å²) in [4.78, 5) is 1.41. The highest BCUT2D eigenvalue weighted by Gasteiger charge is 2.43. The van der Waals surface area contributed by atoms with E-state index in [0.717, 1.165) is 7.11 Å². The summed E-state index contributed by atoms with van der Waals surface area (Å²) in [6.07, 6.45) is -14.1. The fourth-order valence-electron chi connectivity index (χ4n) is 3.15. The van der Waals surface area contributed by atoms with E-state index >= 15 is 0 Å². The third kappa shape index (κ3) is 5.84. The van der Waals surface area contributed by atoms with E-state index in [0.29, 0.717) is 19.2 Å². The molecule has 0 saturated carbocycles. The van der Waals surface area contributed by atoms with Gasteiger partial charge in [0.25, 0.3) is 0 Å². The molecule has 1 aromatic rings. The molecule has 3 nitrogen and oxygen atoms in total. The second-order valence-electron chi connectivity index (χ2n) is 6.06. The van der Waals surface area contributed by atoms with Gasteiger partial charge in [-0.05, 0) is 12.1 Å². The summed E-state index contributed by atoms with van der Waals surface area (Å²) < 4.78 is 111. The van der Waals surface area contributed by atoms with Gasteiger partial charge in [-0.15, -0.1) is 12.4 Å². The van der Waals surface area contributed by atoms with Crippen molar-refractivity contribution in [2.45, 2.75) is 31.2 Å². The molecule has 1 saturated heterocycles. The van der Waals surface area contributed by atoms with Crippen molar-refractivity contribution in [3.05, 3.63) is 28.8 Å². The molecule has 1 atom stereocenters. The molecule has 1 aliphatic rings. The molecule has 162 valence electrons. The number of benzene rings is 1. The molecule has 1 fully saturated rings. The SMILES string of the molecule is COc1cc(C(F)(F)F)cc(C(F)(F)F)c1[C@H](CC(F)F)N1CCNCC1.Cl. The predicted octanol–water partition coefficient (Wildman–Crippen LogP) is 4.76. The summed E-state index contributed by atoms with van der Waals surface area (Å²) in [6.45, 7) is 1.09. The second-order valence-corrected chi connectivity index (χ2v) is 6.06. The van der Waals surface area contributed by atoms with E-state index in [-0.39, 0.29) is 31.6 Å². The number of ether oxygens (including phenoxy) is 1. The minimum absolute atomic E-state index is 0. The Bertz CT molecular complexity index is 645. The Balaban J connectivity index is 0.00000392. The van der Waals surface area contributed by atoms with Crippen molar-refractivity contribution in [1.29, 1.82) is 0 Å². The van der Waals surface area contributed by atoms with Gasteiger partial charge in [0, 0.05) is 44.2 Å². The van der Waals surface area contributed by atoms with Gasteiger partial charge in [0.1, 0.15) is 5.75 Å². The van der Waals surface area contributed by atoms with Crippen LogP contribution in [0.25, 0.3) is 0 Å². The molecule has 0 aliphatic carbocycles. The minimum Gasteiger partial charge on any atom is -0.496 e. The van der Waals surface area contributed by atoms with Crippen LogP contribution in [0.2, 0.25) is 0 Å². The molecule has 1 heterocycles. The van der Waals surface area contributed by atoms with Gasteiger partial charge in [-0.25, -0.2) is 8.78 Å². The first-order chi connectivity index (χ1) is 12.4. The van der Waals surface area contributed by atoms with Crippen LogP contribution in [0.1, 0.15) is 29.2 Å². The Labute approximate surface area is 162 Å². The van der Waals surface area contributed by atoms with E-state index < -0.39 is 53.7 Å². The zero-order valence-corrected chi connectivity index (χ0v) is 15.4. The average molecular weight is 443 g/mol. The summed E-state index contributed by atoms with van der Waals surface area (Å²) >= 11 is 0. The number of nitrogens with one attached hydrogen (secondary N) is 1. The van der Waals surface area contributed by atoms with Crippen LogP contribution in [-0.2, 0) is 12.4 Å². The molecule has 1 aromatic carbocycles. The summed E-state index contributed by atoms with van der Waals surface area (Å²) in [5, 5.41) is 2.95. The molecule has 12 heteroatoms. The van der Waals surface area contributed by atoms with Crippen molar-refractivity contribution in [2.75, 3.05) is 33.3 Å².